The molecule has 17 heavy (non-hydrogen) atoms. The second-order valence-corrected chi connectivity index (χ2v) is 4.67. The van der Waals surface area contributed by atoms with Gasteiger partial charge < -0.3 is 10.6 Å². The van der Waals surface area contributed by atoms with Gasteiger partial charge >= 0.3 is 0 Å². The number of aromatic nitrogens is 3. The first kappa shape index (κ1) is 11.8. The minimum Gasteiger partial charge on any atom is -0.373 e. The molecule has 0 amide bonds. The van der Waals surface area contributed by atoms with Crippen molar-refractivity contribution in [3.05, 3.63) is 28.5 Å². The van der Waals surface area contributed by atoms with Crippen molar-refractivity contribution in [2.45, 2.75) is 19.9 Å². The summed E-state index contributed by atoms with van der Waals surface area (Å²) in [6, 6.07) is 1.87. The summed E-state index contributed by atoms with van der Waals surface area (Å²) < 4.78 is 0. The van der Waals surface area contributed by atoms with Gasteiger partial charge in [-0.25, -0.2) is 15.0 Å². The van der Waals surface area contributed by atoms with E-state index in [0.717, 1.165) is 23.1 Å². The molecule has 0 aliphatic heterocycles. The van der Waals surface area contributed by atoms with Crippen LogP contribution in [0.4, 0.5) is 11.6 Å². The lowest BCUT2D eigenvalue weighted by molar-refractivity contribution is 1.06. The summed E-state index contributed by atoms with van der Waals surface area (Å²) in [7, 11) is 1.83. The average molecular weight is 249 g/mol. The first-order valence-corrected chi connectivity index (χ1v) is 6.30. The number of rotatable bonds is 5. The van der Waals surface area contributed by atoms with Crippen LogP contribution in [0.5, 0.6) is 0 Å². The Morgan fingerprint density at radius 1 is 1.24 bits per heavy atom. The fourth-order valence-corrected chi connectivity index (χ4v) is 2.15. The minimum atomic E-state index is 0.699. The number of hydrogen-bond donors (Lipinski definition) is 2. The first-order valence-electron chi connectivity index (χ1n) is 5.49. The van der Waals surface area contributed by atoms with Crippen LogP contribution in [0.1, 0.15) is 16.8 Å². The minimum absolute atomic E-state index is 0.699. The second kappa shape index (κ2) is 5.58. The van der Waals surface area contributed by atoms with Gasteiger partial charge in [0.15, 0.2) is 0 Å². The van der Waals surface area contributed by atoms with Crippen LogP contribution in [-0.2, 0) is 13.0 Å². The molecule has 2 aromatic heterocycles. The van der Waals surface area contributed by atoms with Crippen LogP contribution in [-0.4, -0.2) is 22.0 Å². The van der Waals surface area contributed by atoms with Crippen LogP contribution in [0.25, 0.3) is 0 Å². The highest BCUT2D eigenvalue weighted by Crippen LogP contribution is 2.15. The molecule has 2 rings (SSSR count). The van der Waals surface area contributed by atoms with E-state index in [0.29, 0.717) is 6.54 Å². The SMILES string of the molecule is CCc1cnc(CNc2cc(NC)ncn2)s1. The number of hydrogen-bond acceptors (Lipinski definition) is 6. The van der Waals surface area contributed by atoms with E-state index < -0.39 is 0 Å². The smallest absolute Gasteiger partial charge is 0.131 e. The van der Waals surface area contributed by atoms with Crippen molar-refractivity contribution in [2.75, 3.05) is 17.7 Å². The number of nitrogens with zero attached hydrogens (tertiary/aromatic N) is 3. The zero-order chi connectivity index (χ0) is 12.1. The molecular formula is C11H15N5S. The summed E-state index contributed by atoms with van der Waals surface area (Å²) in [5.74, 6) is 1.61. The molecule has 0 radical (unpaired) electrons. The average Bonchev–Trinajstić information content (AvgIpc) is 2.84. The second-order valence-electron chi connectivity index (χ2n) is 3.47. The van der Waals surface area contributed by atoms with Crippen molar-refractivity contribution in [3.8, 4) is 0 Å². The largest absolute Gasteiger partial charge is 0.373 e. The Morgan fingerprint density at radius 3 is 2.76 bits per heavy atom. The van der Waals surface area contributed by atoms with Crippen LogP contribution in [0, 0.1) is 0 Å². The van der Waals surface area contributed by atoms with E-state index in [4.69, 9.17) is 0 Å². The Morgan fingerprint density at radius 2 is 2.06 bits per heavy atom. The van der Waals surface area contributed by atoms with Crippen molar-refractivity contribution in [2.24, 2.45) is 0 Å². The quantitative estimate of drug-likeness (QED) is 0.850. The fourth-order valence-electron chi connectivity index (χ4n) is 1.35. The highest BCUT2D eigenvalue weighted by atomic mass is 32.1. The molecule has 0 aliphatic rings. The molecule has 90 valence electrons. The molecule has 2 aromatic rings. The fraction of sp³-hybridized carbons (Fsp3) is 0.364. The molecule has 0 unspecified atom stereocenters. The topological polar surface area (TPSA) is 62.7 Å². The molecule has 6 heteroatoms. The molecule has 0 aliphatic carbocycles. The normalized spacial score (nSPS) is 10.2. The molecule has 2 heterocycles. The van der Waals surface area contributed by atoms with Crippen molar-refractivity contribution in [1.82, 2.24) is 15.0 Å². The Labute approximate surface area is 104 Å². The Hall–Kier alpha value is -1.69. The third-order valence-electron chi connectivity index (χ3n) is 2.29. The predicted octanol–water partition coefficient (Wildman–Crippen LogP) is 2.15. The standard InChI is InChI=1S/C11H15N5S/c1-3-8-5-14-11(17-8)6-13-10-4-9(12-2)15-7-16-10/h4-5,7H,3,6H2,1-2H3,(H2,12,13,15,16). The van der Waals surface area contributed by atoms with Crippen LogP contribution >= 0.6 is 11.3 Å². The van der Waals surface area contributed by atoms with Gasteiger partial charge in [-0.05, 0) is 6.42 Å². The summed E-state index contributed by atoms with van der Waals surface area (Å²) in [6.07, 6.45) is 4.50. The van der Waals surface area contributed by atoms with Gasteiger partial charge in [-0.3, -0.25) is 0 Å². The van der Waals surface area contributed by atoms with Gasteiger partial charge in [-0.1, -0.05) is 6.92 Å². The molecule has 0 saturated heterocycles. The predicted molar refractivity (Wildman–Crippen MR) is 70.4 cm³/mol. The number of thiazole rings is 1. The number of aryl methyl sites for hydroxylation is 1. The zero-order valence-corrected chi connectivity index (χ0v) is 10.7. The summed E-state index contributed by atoms with van der Waals surface area (Å²) >= 11 is 1.73. The lowest BCUT2D eigenvalue weighted by Gasteiger charge is -2.04. The molecule has 2 N–H and O–H groups in total. The third kappa shape index (κ3) is 3.13. The molecule has 0 fully saturated rings. The molecule has 0 atom stereocenters. The molecule has 0 aromatic carbocycles. The monoisotopic (exact) mass is 249 g/mol. The Kier molecular flexibility index (Phi) is 3.87. The van der Waals surface area contributed by atoms with Gasteiger partial charge in [0, 0.05) is 24.2 Å². The maximum absolute atomic E-state index is 4.34. The van der Waals surface area contributed by atoms with Crippen molar-refractivity contribution in [3.63, 3.8) is 0 Å². The van der Waals surface area contributed by atoms with Gasteiger partial charge in [0.2, 0.25) is 0 Å². The van der Waals surface area contributed by atoms with E-state index in [2.05, 4.69) is 32.5 Å². The van der Waals surface area contributed by atoms with E-state index in [1.807, 2.05) is 19.3 Å². The van der Waals surface area contributed by atoms with Crippen molar-refractivity contribution >= 4 is 23.0 Å². The lowest BCUT2D eigenvalue weighted by Crippen LogP contribution is -2.02. The molecule has 0 saturated carbocycles. The van der Waals surface area contributed by atoms with Crippen molar-refractivity contribution in [1.29, 1.82) is 0 Å². The van der Waals surface area contributed by atoms with Gasteiger partial charge in [-0.2, -0.15) is 0 Å². The van der Waals surface area contributed by atoms with E-state index in [9.17, 15) is 0 Å². The van der Waals surface area contributed by atoms with E-state index >= 15 is 0 Å². The van der Waals surface area contributed by atoms with Crippen LogP contribution in [0.3, 0.4) is 0 Å². The summed E-state index contributed by atoms with van der Waals surface area (Å²) in [5.41, 5.74) is 0. The van der Waals surface area contributed by atoms with Crippen LogP contribution < -0.4 is 10.6 Å². The summed E-state index contributed by atoms with van der Waals surface area (Å²) in [6.45, 7) is 2.83. The highest BCUT2D eigenvalue weighted by Gasteiger charge is 2.01. The van der Waals surface area contributed by atoms with Gasteiger partial charge in [0.1, 0.15) is 23.0 Å². The number of nitrogens with one attached hydrogen (secondary N) is 2. The lowest BCUT2D eigenvalue weighted by atomic mass is 10.4. The molecule has 0 bridgehead atoms. The Bertz CT molecular complexity index is 482. The molecule has 0 spiro atoms. The van der Waals surface area contributed by atoms with Gasteiger partial charge in [-0.15, -0.1) is 11.3 Å². The highest BCUT2D eigenvalue weighted by molar-refractivity contribution is 7.11. The van der Waals surface area contributed by atoms with Gasteiger partial charge in [0.05, 0.1) is 6.54 Å². The molecular weight excluding hydrogens is 234 g/mol. The first-order chi connectivity index (χ1) is 8.31. The maximum Gasteiger partial charge on any atom is 0.131 e. The molecule has 5 nitrogen and oxygen atoms in total. The summed E-state index contributed by atoms with van der Waals surface area (Å²) in [4.78, 5) is 13.8. The van der Waals surface area contributed by atoms with Crippen LogP contribution in [0.15, 0.2) is 18.6 Å². The summed E-state index contributed by atoms with van der Waals surface area (Å²) in [5, 5.41) is 7.28. The maximum atomic E-state index is 4.34. The van der Waals surface area contributed by atoms with E-state index in [-0.39, 0.29) is 0 Å². The zero-order valence-electron chi connectivity index (χ0n) is 9.90. The third-order valence-corrected chi connectivity index (χ3v) is 3.44. The number of anilines is 2. The Balaban J connectivity index is 1.96. The van der Waals surface area contributed by atoms with Crippen molar-refractivity contribution < 1.29 is 0 Å². The van der Waals surface area contributed by atoms with Crippen LogP contribution in [0.2, 0.25) is 0 Å². The van der Waals surface area contributed by atoms with E-state index in [1.165, 1.54) is 11.2 Å². The van der Waals surface area contributed by atoms with Gasteiger partial charge in [0.25, 0.3) is 0 Å². The van der Waals surface area contributed by atoms with E-state index in [1.54, 1.807) is 11.3 Å².